The van der Waals surface area contributed by atoms with Gasteiger partial charge in [-0.2, -0.15) is 0 Å². The summed E-state index contributed by atoms with van der Waals surface area (Å²) in [6, 6.07) is 15.5. The molecule has 0 atom stereocenters. The minimum atomic E-state index is -4.08. The first-order valence-electron chi connectivity index (χ1n) is 9.50. The molecule has 1 fully saturated rings. The molecule has 0 aromatic heterocycles. The van der Waals surface area contributed by atoms with E-state index in [0.717, 1.165) is 9.87 Å². The van der Waals surface area contributed by atoms with Crippen molar-refractivity contribution in [3.05, 3.63) is 83.5 Å². The maximum absolute atomic E-state index is 13.6. The summed E-state index contributed by atoms with van der Waals surface area (Å²) in [6.45, 7) is 9.57. The molecule has 1 saturated heterocycles. The standard InChI is InChI=1S/C22H26NO5PS/c1-5-21(29(24)27-16-22(3,4)17-28-29)23(15-19-9-7-6-8-10-19)30(25,26)20-13-11-18(2)12-14-20/h6-14H,1,15-17H2,2-4H3. The minimum Gasteiger partial charge on any atom is -0.303 e. The maximum atomic E-state index is 13.6. The van der Waals surface area contributed by atoms with E-state index in [1.807, 2.05) is 39.0 Å². The number of rotatable bonds is 6. The van der Waals surface area contributed by atoms with Crippen molar-refractivity contribution in [2.75, 3.05) is 13.2 Å². The zero-order valence-electron chi connectivity index (χ0n) is 17.4. The fraction of sp³-hybridized carbons (Fsp3) is 0.318. The fourth-order valence-electron chi connectivity index (χ4n) is 2.90. The van der Waals surface area contributed by atoms with Crippen LogP contribution in [-0.2, 0) is 30.2 Å². The van der Waals surface area contributed by atoms with Crippen LogP contribution in [0.3, 0.4) is 0 Å². The minimum absolute atomic E-state index is 0.0605. The number of aryl methyl sites for hydroxylation is 1. The number of nitrogens with zero attached hydrogens (tertiary/aromatic N) is 1. The molecule has 0 bridgehead atoms. The molecule has 0 aliphatic carbocycles. The lowest BCUT2D eigenvalue weighted by Gasteiger charge is -2.37. The summed E-state index contributed by atoms with van der Waals surface area (Å²) >= 11 is 0. The summed E-state index contributed by atoms with van der Waals surface area (Å²) in [5, 5.41) is 0. The van der Waals surface area contributed by atoms with Crippen molar-refractivity contribution in [1.29, 1.82) is 0 Å². The summed E-state index contributed by atoms with van der Waals surface area (Å²) in [5.41, 5.74) is 3.65. The zero-order chi connectivity index (χ0) is 22.0. The van der Waals surface area contributed by atoms with Crippen LogP contribution in [0.5, 0.6) is 0 Å². The van der Waals surface area contributed by atoms with Crippen molar-refractivity contribution in [2.45, 2.75) is 32.2 Å². The molecule has 1 aliphatic heterocycles. The molecule has 1 aliphatic rings. The Kier molecular flexibility index (Phi) is 6.42. The van der Waals surface area contributed by atoms with Gasteiger partial charge < -0.3 is 9.05 Å². The molecule has 2 aromatic carbocycles. The summed E-state index contributed by atoms with van der Waals surface area (Å²) < 4.78 is 52.9. The van der Waals surface area contributed by atoms with Crippen LogP contribution in [0.25, 0.3) is 0 Å². The highest BCUT2D eigenvalue weighted by atomic mass is 32.2. The Morgan fingerprint density at radius 1 is 1.10 bits per heavy atom. The Labute approximate surface area is 178 Å². The van der Waals surface area contributed by atoms with E-state index >= 15 is 0 Å². The highest BCUT2D eigenvalue weighted by molar-refractivity contribution is 7.89. The zero-order valence-corrected chi connectivity index (χ0v) is 19.1. The van der Waals surface area contributed by atoms with Crippen molar-refractivity contribution < 1.29 is 22.0 Å². The van der Waals surface area contributed by atoms with Gasteiger partial charge in [-0.15, -0.1) is 0 Å². The van der Waals surface area contributed by atoms with E-state index in [1.54, 1.807) is 24.3 Å². The van der Waals surface area contributed by atoms with Gasteiger partial charge in [-0.05, 0) is 24.6 Å². The van der Waals surface area contributed by atoms with E-state index in [0.29, 0.717) is 5.56 Å². The Bertz CT molecular complexity index is 1090. The number of hydrogen-bond acceptors (Lipinski definition) is 5. The first-order valence-corrected chi connectivity index (χ1v) is 12.5. The molecule has 1 heterocycles. The molecule has 3 rings (SSSR count). The predicted molar refractivity (Wildman–Crippen MR) is 116 cm³/mol. The third-order valence-electron chi connectivity index (χ3n) is 4.68. The van der Waals surface area contributed by atoms with E-state index < -0.39 is 17.6 Å². The molecular formula is C22H26NO5PS. The van der Waals surface area contributed by atoms with Gasteiger partial charge in [0.2, 0.25) is 0 Å². The number of hydrogen-bond donors (Lipinski definition) is 0. The average Bonchev–Trinajstić information content (AvgIpc) is 2.71. The Hall–Kier alpha value is -2.14. The molecule has 0 unspecified atom stereocenters. The molecule has 8 heteroatoms. The lowest BCUT2D eigenvalue weighted by Crippen LogP contribution is -2.34. The normalized spacial score (nSPS) is 17.7. The lowest BCUT2D eigenvalue weighted by molar-refractivity contribution is 0.0427. The van der Waals surface area contributed by atoms with Gasteiger partial charge >= 0.3 is 7.60 Å². The van der Waals surface area contributed by atoms with Gasteiger partial charge in [-0.1, -0.05) is 74.2 Å². The molecule has 0 amide bonds. The van der Waals surface area contributed by atoms with Gasteiger partial charge in [0.1, 0.15) is 0 Å². The predicted octanol–water partition coefficient (Wildman–Crippen LogP) is 5.08. The molecule has 0 saturated carbocycles. The average molecular weight is 447 g/mol. The van der Waals surface area contributed by atoms with Crippen molar-refractivity contribution >= 4 is 17.6 Å². The van der Waals surface area contributed by atoms with Gasteiger partial charge in [0.15, 0.2) is 5.44 Å². The topological polar surface area (TPSA) is 72.9 Å². The SMILES string of the molecule is C=C=C(N(Cc1ccccc1)S(=O)(=O)c1ccc(C)cc1)P1(=O)OCC(C)(C)CO1. The fourth-order valence-corrected chi connectivity index (χ4v) is 6.77. The summed E-state index contributed by atoms with van der Waals surface area (Å²) in [4.78, 5) is 0.0701. The number of benzene rings is 2. The van der Waals surface area contributed by atoms with Gasteiger partial charge in [0.25, 0.3) is 10.0 Å². The van der Waals surface area contributed by atoms with Crippen LogP contribution >= 0.6 is 7.60 Å². The van der Waals surface area contributed by atoms with E-state index in [2.05, 4.69) is 12.3 Å². The van der Waals surface area contributed by atoms with Crippen molar-refractivity contribution in [2.24, 2.45) is 5.41 Å². The molecular weight excluding hydrogens is 421 g/mol. The van der Waals surface area contributed by atoms with Gasteiger partial charge in [-0.25, -0.2) is 12.7 Å². The molecule has 0 spiro atoms. The largest absolute Gasteiger partial charge is 0.386 e. The first-order chi connectivity index (χ1) is 14.1. The molecule has 0 N–H and O–H groups in total. The van der Waals surface area contributed by atoms with Crippen LogP contribution in [0.2, 0.25) is 0 Å². The van der Waals surface area contributed by atoms with E-state index in [4.69, 9.17) is 9.05 Å². The summed E-state index contributed by atoms with van der Waals surface area (Å²) in [7, 11) is -8.02. The second-order valence-corrected chi connectivity index (χ2v) is 11.8. The molecule has 2 aromatic rings. The van der Waals surface area contributed by atoms with Crippen LogP contribution in [-0.4, -0.2) is 25.9 Å². The Balaban J connectivity index is 2.08. The molecule has 30 heavy (non-hydrogen) atoms. The third-order valence-corrected chi connectivity index (χ3v) is 8.43. The molecule has 160 valence electrons. The van der Waals surface area contributed by atoms with Crippen molar-refractivity contribution in [3.8, 4) is 0 Å². The van der Waals surface area contributed by atoms with Crippen LogP contribution in [0.4, 0.5) is 0 Å². The smallest absolute Gasteiger partial charge is 0.303 e. The van der Waals surface area contributed by atoms with Crippen LogP contribution in [0.1, 0.15) is 25.0 Å². The Morgan fingerprint density at radius 2 is 1.67 bits per heavy atom. The summed E-state index contributed by atoms with van der Waals surface area (Å²) in [6.07, 6.45) is 0. The second-order valence-electron chi connectivity index (χ2n) is 8.02. The quantitative estimate of drug-likeness (QED) is 0.456. The lowest BCUT2D eigenvalue weighted by atomic mass is 9.97. The molecule has 6 nitrogen and oxygen atoms in total. The van der Waals surface area contributed by atoms with E-state index in [9.17, 15) is 13.0 Å². The maximum Gasteiger partial charge on any atom is 0.386 e. The van der Waals surface area contributed by atoms with E-state index in [1.165, 1.54) is 12.1 Å². The van der Waals surface area contributed by atoms with Gasteiger partial charge in [0.05, 0.1) is 24.7 Å². The van der Waals surface area contributed by atoms with Crippen LogP contribution < -0.4 is 0 Å². The summed E-state index contributed by atoms with van der Waals surface area (Å²) in [5.74, 6) is 0. The van der Waals surface area contributed by atoms with Crippen LogP contribution in [0.15, 0.2) is 77.2 Å². The highest BCUT2D eigenvalue weighted by Crippen LogP contribution is 2.61. The Morgan fingerprint density at radius 3 is 2.20 bits per heavy atom. The van der Waals surface area contributed by atoms with Gasteiger partial charge in [-0.3, -0.25) is 4.57 Å². The number of sulfonamides is 1. The van der Waals surface area contributed by atoms with E-state index in [-0.39, 0.29) is 35.5 Å². The van der Waals surface area contributed by atoms with Crippen LogP contribution in [0, 0.1) is 12.3 Å². The van der Waals surface area contributed by atoms with Crippen molar-refractivity contribution in [1.82, 2.24) is 4.31 Å². The second kappa shape index (κ2) is 8.54. The monoisotopic (exact) mass is 447 g/mol. The molecule has 0 radical (unpaired) electrons. The van der Waals surface area contributed by atoms with Gasteiger partial charge in [0, 0.05) is 5.41 Å². The van der Waals surface area contributed by atoms with Crippen molar-refractivity contribution in [3.63, 3.8) is 0 Å². The highest BCUT2D eigenvalue weighted by Gasteiger charge is 2.45. The first kappa shape index (κ1) is 22.5. The third kappa shape index (κ3) is 4.77.